The number of thioether (sulfide) groups is 1. The Labute approximate surface area is 156 Å². The Morgan fingerprint density at radius 1 is 1.00 bits per heavy atom. The molecular weight excluding hydrogens is 352 g/mol. The third-order valence-corrected chi connectivity index (χ3v) is 4.31. The highest BCUT2D eigenvalue weighted by Gasteiger charge is 2.22. The Balaban J connectivity index is 2.15. The van der Waals surface area contributed by atoms with Crippen molar-refractivity contribution in [2.45, 2.75) is 12.5 Å². The number of carboxylic acids is 1. The number of carboxylic acid groups (broad SMARTS) is 1. The van der Waals surface area contributed by atoms with Crippen LogP contribution in [0.4, 0.5) is 5.69 Å². The minimum atomic E-state index is -1.08. The van der Waals surface area contributed by atoms with E-state index in [2.05, 4.69) is 10.6 Å². The molecule has 0 bridgehead atoms. The van der Waals surface area contributed by atoms with Crippen LogP contribution in [0.5, 0.6) is 0 Å². The lowest BCUT2D eigenvalue weighted by Crippen LogP contribution is -2.41. The largest absolute Gasteiger partial charge is 0.480 e. The fourth-order valence-electron chi connectivity index (χ4n) is 2.30. The highest BCUT2D eigenvalue weighted by molar-refractivity contribution is 7.98. The second kappa shape index (κ2) is 9.62. The predicted molar refractivity (Wildman–Crippen MR) is 103 cm³/mol. The summed E-state index contributed by atoms with van der Waals surface area (Å²) >= 11 is 1.51. The van der Waals surface area contributed by atoms with E-state index in [0.29, 0.717) is 23.4 Å². The van der Waals surface area contributed by atoms with Crippen LogP contribution in [0.15, 0.2) is 54.6 Å². The van der Waals surface area contributed by atoms with E-state index in [4.69, 9.17) is 0 Å². The van der Waals surface area contributed by atoms with Crippen molar-refractivity contribution < 1.29 is 19.5 Å². The molecule has 0 fully saturated rings. The molecule has 0 saturated heterocycles. The molecule has 0 spiro atoms. The van der Waals surface area contributed by atoms with Crippen molar-refractivity contribution in [3.63, 3.8) is 0 Å². The summed E-state index contributed by atoms with van der Waals surface area (Å²) in [4.78, 5) is 36.2. The molecule has 1 atom stereocenters. The van der Waals surface area contributed by atoms with Gasteiger partial charge < -0.3 is 15.7 Å². The van der Waals surface area contributed by atoms with Crippen LogP contribution in [0.3, 0.4) is 0 Å². The normalized spacial score (nSPS) is 11.4. The molecule has 2 rings (SSSR count). The number of benzene rings is 2. The van der Waals surface area contributed by atoms with Gasteiger partial charge in [-0.15, -0.1) is 0 Å². The summed E-state index contributed by atoms with van der Waals surface area (Å²) in [6.45, 7) is 0. The highest BCUT2D eigenvalue weighted by atomic mass is 32.2. The van der Waals surface area contributed by atoms with Crippen molar-refractivity contribution in [2.75, 3.05) is 17.3 Å². The average molecular weight is 372 g/mol. The molecule has 26 heavy (non-hydrogen) atoms. The smallest absolute Gasteiger partial charge is 0.326 e. The summed E-state index contributed by atoms with van der Waals surface area (Å²) in [5.74, 6) is -1.35. The van der Waals surface area contributed by atoms with Crippen molar-refractivity contribution >= 4 is 35.2 Å². The number of aliphatic carboxylic acids is 1. The topological polar surface area (TPSA) is 95.5 Å². The van der Waals surface area contributed by atoms with Gasteiger partial charge in [0.2, 0.25) is 0 Å². The number of para-hydroxylation sites is 1. The van der Waals surface area contributed by atoms with Gasteiger partial charge in [0.15, 0.2) is 0 Å². The summed E-state index contributed by atoms with van der Waals surface area (Å²) in [6, 6.07) is 14.2. The zero-order valence-corrected chi connectivity index (χ0v) is 15.1. The van der Waals surface area contributed by atoms with Crippen LogP contribution in [0, 0.1) is 0 Å². The Kier molecular flexibility index (Phi) is 7.23. The zero-order chi connectivity index (χ0) is 18.9. The molecule has 0 aliphatic rings. The maximum atomic E-state index is 12.5. The van der Waals surface area contributed by atoms with E-state index < -0.39 is 17.9 Å². The van der Waals surface area contributed by atoms with E-state index in [1.165, 1.54) is 11.8 Å². The number of rotatable bonds is 8. The molecule has 0 radical (unpaired) electrons. The number of anilines is 1. The summed E-state index contributed by atoms with van der Waals surface area (Å²) in [7, 11) is 0. The van der Waals surface area contributed by atoms with Crippen LogP contribution in [-0.2, 0) is 4.79 Å². The molecule has 0 saturated carbocycles. The molecule has 0 aliphatic carbocycles. The van der Waals surface area contributed by atoms with Gasteiger partial charge in [0.1, 0.15) is 6.04 Å². The monoisotopic (exact) mass is 372 g/mol. The minimum Gasteiger partial charge on any atom is -0.480 e. The number of nitrogens with one attached hydrogen (secondary N) is 2. The fourth-order valence-corrected chi connectivity index (χ4v) is 2.77. The molecular formula is C19H20N2O4S. The predicted octanol–water partition coefficient (Wildman–Crippen LogP) is 2.88. The number of carbonyl (C=O) groups excluding carboxylic acids is 2. The van der Waals surface area contributed by atoms with Crippen LogP contribution in [0.25, 0.3) is 0 Å². The van der Waals surface area contributed by atoms with Gasteiger partial charge in [-0.1, -0.05) is 30.3 Å². The first-order valence-electron chi connectivity index (χ1n) is 8.01. The van der Waals surface area contributed by atoms with Crippen LogP contribution in [0.1, 0.15) is 27.1 Å². The summed E-state index contributed by atoms with van der Waals surface area (Å²) < 4.78 is 0. The van der Waals surface area contributed by atoms with E-state index in [9.17, 15) is 19.5 Å². The Morgan fingerprint density at radius 2 is 1.65 bits per heavy atom. The van der Waals surface area contributed by atoms with Gasteiger partial charge in [-0.2, -0.15) is 11.8 Å². The number of amides is 2. The van der Waals surface area contributed by atoms with E-state index in [-0.39, 0.29) is 11.5 Å². The lowest BCUT2D eigenvalue weighted by molar-refractivity contribution is -0.139. The van der Waals surface area contributed by atoms with Crippen molar-refractivity contribution in [1.29, 1.82) is 0 Å². The van der Waals surface area contributed by atoms with Crippen LogP contribution in [-0.4, -0.2) is 40.9 Å². The van der Waals surface area contributed by atoms with Crippen LogP contribution < -0.4 is 10.6 Å². The van der Waals surface area contributed by atoms with Gasteiger partial charge >= 0.3 is 5.97 Å². The molecule has 2 amide bonds. The summed E-state index contributed by atoms with van der Waals surface area (Å²) in [6.07, 6.45) is 2.19. The average Bonchev–Trinajstić information content (AvgIpc) is 2.65. The molecule has 3 N–H and O–H groups in total. The molecule has 136 valence electrons. The Morgan fingerprint density at radius 3 is 2.31 bits per heavy atom. The van der Waals surface area contributed by atoms with Gasteiger partial charge in [-0.05, 0) is 42.7 Å². The maximum Gasteiger partial charge on any atom is 0.326 e. The third-order valence-electron chi connectivity index (χ3n) is 3.67. The van der Waals surface area contributed by atoms with Crippen LogP contribution >= 0.6 is 11.8 Å². The minimum absolute atomic E-state index is 0.215. The van der Waals surface area contributed by atoms with Gasteiger partial charge in [-0.25, -0.2) is 4.79 Å². The molecule has 2 aromatic carbocycles. The lowest BCUT2D eigenvalue weighted by atomic mass is 10.1. The highest BCUT2D eigenvalue weighted by Crippen LogP contribution is 2.17. The van der Waals surface area contributed by atoms with Crippen molar-refractivity contribution in [2.24, 2.45) is 0 Å². The first-order chi connectivity index (χ1) is 12.5. The second-order valence-corrected chi connectivity index (χ2v) is 6.50. The van der Waals surface area contributed by atoms with Crippen molar-refractivity contribution in [3.05, 3.63) is 65.7 Å². The van der Waals surface area contributed by atoms with E-state index in [0.717, 1.165) is 0 Å². The van der Waals surface area contributed by atoms with Gasteiger partial charge in [0.05, 0.1) is 11.3 Å². The lowest BCUT2D eigenvalue weighted by Gasteiger charge is -2.16. The molecule has 6 nitrogen and oxygen atoms in total. The fraction of sp³-hybridized carbons (Fsp3) is 0.211. The zero-order valence-electron chi connectivity index (χ0n) is 14.3. The molecule has 2 aromatic rings. The summed E-state index contributed by atoms with van der Waals surface area (Å²) in [5, 5.41) is 14.5. The quantitative estimate of drug-likeness (QED) is 0.662. The summed E-state index contributed by atoms with van der Waals surface area (Å²) in [5.41, 5.74) is 1.01. The molecule has 0 aromatic heterocycles. The first kappa shape index (κ1) is 19.5. The van der Waals surface area contributed by atoms with E-state index in [1.54, 1.807) is 54.6 Å². The van der Waals surface area contributed by atoms with Gasteiger partial charge in [-0.3, -0.25) is 9.59 Å². The van der Waals surface area contributed by atoms with Gasteiger partial charge in [0, 0.05) is 5.56 Å². The van der Waals surface area contributed by atoms with E-state index >= 15 is 0 Å². The molecule has 7 heteroatoms. The van der Waals surface area contributed by atoms with E-state index in [1.807, 2.05) is 6.26 Å². The molecule has 0 heterocycles. The Bertz CT molecular complexity index is 780. The SMILES string of the molecule is CSCC[C@H](NC(=O)c1ccccc1NC(=O)c1ccccc1)C(=O)O. The second-order valence-electron chi connectivity index (χ2n) is 5.51. The maximum absolute atomic E-state index is 12.5. The number of hydrogen-bond donors (Lipinski definition) is 3. The number of carbonyl (C=O) groups is 3. The van der Waals surface area contributed by atoms with Gasteiger partial charge in [0.25, 0.3) is 11.8 Å². The molecule has 0 aliphatic heterocycles. The first-order valence-corrected chi connectivity index (χ1v) is 9.40. The van der Waals surface area contributed by atoms with Crippen molar-refractivity contribution in [3.8, 4) is 0 Å². The van der Waals surface area contributed by atoms with Crippen LogP contribution in [0.2, 0.25) is 0 Å². The molecule has 0 unspecified atom stereocenters. The van der Waals surface area contributed by atoms with Crippen molar-refractivity contribution in [1.82, 2.24) is 5.32 Å². The Hall–Kier alpha value is -2.80. The third kappa shape index (κ3) is 5.35. The standard InChI is InChI=1S/C19H20N2O4S/c1-26-12-11-16(19(24)25)21-18(23)14-9-5-6-10-15(14)20-17(22)13-7-3-2-4-8-13/h2-10,16H,11-12H2,1H3,(H,20,22)(H,21,23)(H,24,25)/t16-/m0/s1. The number of hydrogen-bond acceptors (Lipinski definition) is 4.